The molecular weight excluding hydrogens is 611 g/mol. The third-order valence-electron chi connectivity index (χ3n) is 9.31. The number of para-hydroxylation sites is 2. The minimum absolute atomic E-state index is 0.619. The van der Waals surface area contributed by atoms with Crippen molar-refractivity contribution in [3.63, 3.8) is 0 Å². The SMILES string of the molecule is Cc1cccc2c1oc1c(-c3ccc(-c4nc(-c5ccc(-c6ccccc6)cc5)nc(-c5ccc(-c6ccccc6)cc5)n4)cc3)cccc12. The van der Waals surface area contributed by atoms with Crippen LogP contribution in [0.1, 0.15) is 5.56 Å². The van der Waals surface area contributed by atoms with E-state index in [0.29, 0.717) is 17.5 Å². The first-order chi connectivity index (χ1) is 24.7. The van der Waals surface area contributed by atoms with Crippen LogP contribution >= 0.6 is 0 Å². The molecule has 0 amide bonds. The molecule has 0 unspecified atom stereocenters. The number of rotatable bonds is 6. The zero-order valence-electron chi connectivity index (χ0n) is 27.4. The summed E-state index contributed by atoms with van der Waals surface area (Å²) in [5.41, 5.74) is 12.5. The molecule has 4 nitrogen and oxygen atoms in total. The van der Waals surface area contributed by atoms with Crippen molar-refractivity contribution in [1.82, 2.24) is 15.0 Å². The maximum atomic E-state index is 6.45. The van der Waals surface area contributed by atoms with Crippen LogP contribution in [0.3, 0.4) is 0 Å². The van der Waals surface area contributed by atoms with Gasteiger partial charge in [-0.3, -0.25) is 0 Å². The Bertz CT molecular complexity index is 2510. The van der Waals surface area contributed by atoms with Gasteiger partial charge in [0.05, 0.1) is 0 Å². The number of benzene rings is 7. The summed E-state index contributed by atoms with van der Waals surface area (Å²) in [7, 11) is 0. The van der Waals surface area contributed by atoms with Crippen molar-refractivity contribution in [2.75, 3.05) is 0 Å². The summed E-state index contributed by atoms with van der Waals surface area (Å²) in [5.74, 6) is 1.87. The maximum absolute atomic E-state index is 6.45. The van der Waals surface area contributed by atoms with Gasteiger partial charge in [0.15, 0.2) is 17.5 Å². The van der Waals surface area contributed by atoms with Gasteiger partial charge < -0.3 is 4.42 Å². The number of furan rings is 1. The molecule has 7 aromatic carbocycles. The maximum Gasteiger partial charge on any atom is 0.164 e. The quantitative estimate of drug-likeness (QED) is 0.181. The summed E-state index contributed by atoms with van der Waals surface area (Å²) in [5, 5.41) is 2.26. The molecule has 2 heterocycles. The fraction of sp³-hybridized carbons (Fsp3) is 0.0217. The molecule has 0 aliphatic heterocycles. The lowest BCUT2D eigenvalue weighted by atomic mass is 10.0. The average Bonchev–Trinajstić information content (AvgIpc) is 3.59. The molecular formula is C46H31N3O. The minimum Gasteiger partial charge on any atom is -0.455 e. The lowest BCUT2D eigenvalue weighted by molar-refractivity contribution is 0.667. The Balaban J connectivity index is 1.12. The van der Waals surface area contributed by atoms with Gasteiger partial charge in [0.25, 0.3) is 0 Å². The van der Waals surface area contributed by atoms with E-state index in [1.54, 1.807) is 0 Å². The molecule has 0 aliphatic carbocycles. The van der Waals surface area contributed by atoms with Crippen LogP contribution < -0.4 is 0 Å². The Morgan fingerprint density at radius 3 is 1.18 bits per heavy atom. The summed E-state index contributed by atoms with van der Waals surface area (Å²) in [6.07, 6.45) is 0. The molecule has 0 bridgehead atoms. The van der Waals surface area contributed by atoms with E-state index < -0.39 is 0 Å². The van der Waals surface area contributed by atoms with Crippen molar-refractivity contribution in [2.24, 2.45) is 0 Å². The summed E-state index contributed by atoms with van der Waals surface area (Å²) in [6, 6.07) is 58.6. The molecule has 236 valence electrons. The highest BCUT2D eigenvalue weighted by molar-refractivity contribution is 6.10. The van der Waals surface area contributed by atoms with E-state index in [1.165, 1.54) is 11.1 Å². The van der Waals surface area contributed by atoms with Crippen molar-refractivity contribution >= 4 is 21.9 Å². The second-order valence-corrected chi connectivity index (χ2v) is 12.5. The van der Waals surface area contributed by atoms with Crippen LogP contribution in [-0.4, -0.2) is 15.0 Å². The number of aryl methyl sites for hydroxylation is 1. The summed E-state index contributed by atoms with van der Waals surface area (Å²) in [4.78, 5) is 15.0. The highest BCUT2D eigenvalue weighted by Gasteiger charge is 2.16. The first-order valence-corrected chi connectivity index (χ1v) is 16.8. The molecule has 0 aliphatic rings. The van der Waals surface area contributed by atoms with Crippen LogP contribution in [0.2, 0.25) is 0 Å². The highest BCUT2D eigenvalue weighted by atomic mass is 16.3. The molecule has 0 saturated heterocycles. The topological polar surface area (TPSA) is 51.8 Å². The van der Waals surface area contributed by atoms with Crippen molar-refractivity contribution in [3.05, 3.63) is 175 Å². The van der Waals surface area contributed by atoms with Crippen molar-refractivity contribution in [1.29, 1.82) is 0 Å². The van der Waals surface area contributed by atoms with E-state index in [1.807, 2.05) is 12.1 Å². The van der Waals surface area contributed by atoms with E-state index in [-0.39, 0.29) is 0 Å². The average molecular weight is 642 g/mol. The molecule has 2 aromatic heterocycles. The Morgan fingerprint density at radius 2 is 0.700 bits per heavy atom. The second kappa shape index (κ2) is 12.4. The van der Waals surface area contributed by atoms with Gasteiger partial charge in [0.2, 0.25) is 0 Å². The van der Waals surface area contributed by atoms with Crippen molar-refractivity contribution in [3.8, 4) is 67.5 Å². The summed E-state index contributed by atoms with van der Waals surface area (Å²) >= 11 is 0. The van der Waals surface area contributed by atoms with Gasteiger partial charge in [-0.1, -0.05) is 170 Å². The predicted octanol–water partition coefficient (Wildman–Crippen LogP) is 12.1. The number of aromatic nitrogens is 3. The lowest BCUT2D eigenvalue weighted by Crippen LogP contribution is -2.00. The van der Waals surface area contributed by atoms with Crippen molar-refractivity contribution < 1.29 is 4.42 Å². The second-order valence-electron chi connectivity index (χ2n) is 12.5. The number of fused-ring (bicyclic) bond motifs is 3. The molecule has 0 saturated carbocycles. The van der Waals surface area contributed by atoms with Gasteiger partial charge in [-0.05, 0) is 40.3 Å². The van der Waals surface area contributed by atoms with Gasteiger partial charge >= 0.3 is 0 Å². The summed E-state index contributed by atoms with van der Waals surface area (Å²) < 4.78 is 6.45. The van der Waals surface area contributed by atoms with E-state index >= 15 is 0 Å². The number of hydrogen-bond acceptors (Lipinski definition) is 4. The van der Waals surface area contributed by atoms with Gasteiger partial charge in [-0.15, -0.1) is 0 Å². The van der Waals surface area contributed by atoms with Crippen LogP contribution in [0.25, 0.3) is 89.5 Å². The smallest absolute Gasteiger partial charge is 0.164 e. The minimum atomic E-state index is 0.619. The molecule has 0 N–H and O–H groups in total. The van der Waals surface area contributed by atoms with Gasteiger partial charge in [-0.2, -0.15) is 0 Å². The van der Waals surface area contributed by atoms with Gasteiger partial charge in [-0.25, -0.2) is 15.0 Å². The molecule has 50 heavy (non-hydrogen) atoms. The first-order valence-electron chi connectivity index (χ1n) is 16.8. The fourth-order valence-corrected chi connectivity index (χ4v) is 6.64. The molecule has 0 spiro atoms. The van der Waals surface area contributed by atoms with Crippen LogP contribution in [0.5, 0.6) is 0 Å². The zero-order chi connectivity index (χ0) is 33.4. The Labute approximate surface area is 290 Å². The fourth-order valence-electron chi connectivity index (χ4n) is 6.64. The largest absolute Gasteiger partial charge is 0.455 e. The van der Waals surface area contributed by atoms with Crippen LogP contribution in [-0.2, 0) is 0 Å². The first kappa shape index (κ1) is 29.5. The monoisotopic (exact) mass is 641 g/mol. The van der Waals surface area contributed by atoms with E-state index in [2.05, 4.69) is 165 Å². The standard InChI is InChI=1S/C46H31N3O/c1-30-10-8-16-40-41-17-9-15-39(43(41)50-42(30)40)35-22-28-38(29-23-35)46-48-44(36-24-18-33(19-25-36)31-11-4-2-5-12-31)47-45(49-46)37-26-20-34(21-27-37)32-13-6-3-7-14-32/h2-29H,1H3. The molecule has 9 rings (SSSR count). The van der Waals surface area contributed by atoms with Crippen LogP contribution in [0.4, 0.5) is 0 Å². The van der Waals surface area contributed by atoms with Crippen molar-refractivity contribution in [2.45, 2.75) is 6.92 Å². The predicted molar refractivity (Wildman–Crippen MR) is 204 cm³/mol. The molecule has 0 radical (unpaired) electrons. The van der Waals surface area contributed by atoms with E-state index in [9.17, 15) is 0 Å². The zero-order valence-corrected chi connectivity index (χ0v) is 27.4. The number of hydrogen-bond donors (Lipinski definition) is 0. The lowest BCUT2D eigenvalue weighted by Gasteiger charge is -2.10. The number of nitrogens with zero attached hydrogens (tertiary/aromatic N) is 3. The Hall–Kier alpha value is -6.65. The van der Waals surface area contributed by atoms with Crippen LogP contribution in [0.15, 0.2) is 174 Å². The van der Waals surface area contributed by atoms with Gasteiger partial charge in [0, 0.05) is 33.0 Å². The third kappa shape index (κ3) is 5.43. The van der Waals surface area contributed by atoms with Gasteiger partial charge in [0.1, 0.15) is 11.2 Å². The highest BCUT2D eigenvalue weighted by Crippen LogP contribution is 2.37. The molecule has 9 aromatic rings. The third-order valence-corrected chi connectivity index (χ3v) is 9.31. The van der Waals surface area contributed by atoms with E-state index in [4.69, 9.17) is 19.4 Å². The normalized spacial score (nSPS) is 11.3. The Kier molecular flexibility index (Phi) is 7.33. The molecule has 0 fully saturated rings. The Morgan fingerprint density at radius 1 is 0.320 bits per heavy atom. The summed E-state index contributed by atoms with van der Waals surface area (Å²) in [6.45, 7) is 2.09. The van der Waals surface area contributed by atoms with E-state index in [0.717, 1.165) is 66.4 Å². The molecule has 4 heteroatoms. The van der Waals surface area contributed by atoms with Crippen LogP contribution in [0, 0.1) is 6.92 Å². The molecule has 0 atom stereocenters.